The van der Waals surface area contributed by atoms with Crippen LogP contribution in [-0.4, -0.2) is 10.8 Å². The quantitative estimate of drug-likeness (QED) is 0.175. The van der Waals surface area contributed by atoms with Crippen LogP contribution in [0.5, 0.6) is 11.5 Å². The van der Waals surface area contributed by atoms with Crippen molar-refractivity contribution in [3.8, 4) is 17.6 Å². The first-order chi connectivity index (χ1) is 16.6. The van der Waals surface area contributed by atoms with Crippen molar-refractivity contribution in [1.82, 2.24) is 5.32 Å². The number of hydrogen-bond donors (Lipinski definition) is 1. The molecule has 3 rings (SSSR count). The van der Waals surface area contributed by atoms with E-state index in [1.165, 1.54) is 18.2 Å². The van der Waals surface area contributed by atoms with E-state index in [1.54, 1.807) is 42.5 Å². The van der Waals surface area contributed by atoms with E-state index in [4.69, 9.17) is 16.3 Å². The molecule has 0 unspecified atom stereocenters. The normalized spacial score (nSPS) is 11.5. The van der Waals surface area contributed by atoms with Crippen molar-refractivity contribution in [2.75, 3.05) is 0 Å². The molecule has 0 atom stereocenters. The fourth-order valence-corrected chi connectivity index (χ4v) is 3.32. The van der Waals surface area contributed by atoms with Gasteiger partial charge >= 0.3 is 5.69 Å². The van der Waals surface area contributed by atoms with E-state index in [0.29, 0.717) is 16.3 Å². The number of nitriles is 1. The second-order valence-corrected chi connectivity index (χ2v) is 9.28. The van der Waals surface area contributed by atoms with Crippen molar-refractivity contribution >= 4 is 29.3 Å². The molecular weight excluding hydrogens is 466 g/mol. The summed E-state index contributed by atoms with van der Waals surface area (Å²) in [6.45, 7) is 6.48. The van der Waals surface area contributed by atoms with Gasteiger partial charge in [0.2, 0.25) is 5.75 Å². The third-order valence-electron chi connectivity index (χ3n) is 5.17. The standard InChI is InChI=1S/C27H24ClN3O4/c1-27(2,3)21-7-11-23(12-8-21)35-25-13-6-19(15-24(25)31(33)34)14-20(16-29)26(32)30-17-18-4-9-22(28)10-5-18/h4-15H,17H2,1-3H3,(H,30,32). The third-order valence-corrected chi connectivity index (χ3v) is 5.42. The fraction of sp³-hybridized carbons (Fsp3) is 0.185. The summed E-state index contributed by atoms with van der Waals surface area (Å²) in [6, 6.07) is 20.4. The predicted octanol–water partition coefficient (Wildman–Crippen LogP) is 6.56. The number of nitro groups is 1. The largest absolute Gasteiger partial charge is 0.450 e. The zero-order chi connectivity index (χ0) is 25.6. The van der Waals surface area contributed by atoms with Crippen molar-refractivity contribution in [3.05, 3.63) is 104 Å². The van der Waals surface area contributed by atoms with Gasteiger partial charge in [0.15, 0.2) is 0 Å². The Hall–Kier alpha value is -4.15. The second kappa shape index (κ2) is 10.9. The number of nitrogens with one attached hydrogen (secondary N) is 1. The smallest absolute Gasteiger partial charge is 0.312 e. The fourth-order valence-electron chi connectivity index (χ4n) is 3.20. The number of ether oxygens (including phenoxy) is 1. The van der Waals surface area contributed by atoms with Crippen LogP contribution in [-0.2, 0) is 16.8 Å². The number of hydrogen-bond acceptors (Lipinski definition) is 5. The molecule has 35 heavy (non-hydrogen) atoms. The van der Waals surface area contributed by atoms with Gasteiger partial charge in [-0.15, -0.1) is 0 Å². The van der Waals surface area contributed by atoms with Crippen LogP contribution in [0.25, 0.3) is 6.08 Å². The first-order valence-corrected chi connectivity index (χ1v) is 11.2. The number of amides is 1. The molecule has 0 aliphatic heterocycles. The SMILES string of the molecule is CC(C)(C)c1ccc(Oc2ccc(C=C(C#N)C(=O)NCc3ccc(Cl)cc3)cc2[N+](=O)[O-])cc1. The number of nitrogens with zero attached hydrogens (tertiary/aromatic N) is 2. The predicted molar refractivity (Wildman–Crippen MR) is 135 cm³/mol. The van der Waals surface area contributed by atoms with Crippen molar-refractivity contribution < 1.29 is 14.5 Å². The first kappa shape index (κ1) is 25.5. The molecule has 0 aromatic heterocycles. The van der Waals surface area contributed by atoms with Crippen LogP contribution in [0.1, 0.15) is 37.5 Å². The average molecular weight is 490 g/mol. The van der Waals surface area contributed by atoms with Crippen molar-refractivity contribution in [1.29, 1.82) is 5.26 Å². The lowest BCUT2D eigenvalue weighted by Crippen LogP contribution is -2.23. The van der Waals surface area contributed by atoms with Gasteiger partial charge in [-0.2, -0.15) is 5.26 Å². The summed E-state index contributed by atoms with van der Waals surface area (Å²) in [5.41, 5.74) is 1.76. The maximum absolute atomic E-state index is 12.5. The number of nitro benzene ring substituents is 1. The second-order valence-electron chi connectivity index (χ2n) is 8.84. The van der Waals surface area contributed by atoms with E-state index in [1.807, 2.05) is 18.2 Å². The lowest BCUT2D eigenvalue weighted by Gasteiger charge is -2.19. The van der Waals surface area contributed by atoms with Gasteiger partial charge in [0.05, 0.1) is 4.92 Å². The number of halogens is 1. The molecule has 3 aromatic carbocycles. The number of benzene rings is 3. The van der Waals surface area contributed by atoms with Crippen molar-refractivity contribution in [2.45, 2.75) is 32.7 Å². The Morgan fingerprint density at radius 2 is 1.77 bits per heavy atom. The van der Waals surface area contributed by atoms with Gasteiger partial charge in [0.1, 0.15) is 17.4 Å². The van der Waals surface area contributed by atoms with Gasteiger partial charge in [0, 0.05) is 17.6 Å². The molecule has 7 nitrogen and oxygen atoms in total. The molecule has 0 bridgehead atoms. The monoisotopic (exact) mass is 489 g/mol. The summed E-state index contributed by atoms with van der Waals surface area (Å²) in [5, 5.41) is 24.3. The van der Waals surface area contributed by atoms with Crippen molar-refractivity contribution in [3.63, 3.8) is 0 Å². The molecule has 178 valence electrons. The van der Waals surface area contributed by atoms with Crippen LogP contribution in [0.3, 0.4) is 0 Å². The lowest BCUT2D eigenvalue weighted by molar-refractivity contribution is -0.385. The van der Waals surface area contributed by atoms with Crippen LogP contribution >= 0.6 is 11.6 Å². The molecule has 3 aromatic rings. The third kappa shape index (κ3) is 6.92. The van der Waals surface area contributed by atoms with E-state index in [2.05, 4.69) is 26.1 Å². The van der Waals surface area contributed by atoms with Crippen LogP contribution in [0.4, 0.5) is 5.69 Å². The molecule has 1 amide bonds. The molecule has 0 radical (unpaired) electrons. The van der Waals surface area contributed by atoms with Gasteiger partial charge in [-0.3, -0.25) is 14.9 Å². The first-order valence-electron chi connectivity index (χ1n) is 10.8. The minimum absolute atomic E-state index is 0.0297. The summed E-state index contributed by atoms with van der Waals surface area (Å²) in [6.07, 6.45) is 1.30. The molecule has 0 fully saturated rings. The Kier molecular flexibility index (Phi) is 7.90. The minimum atomic E-state index is -0.593. The molecule has 0 saturated heterocycles. The summed E-state index contributed by atoms with van der Waals surface area (Å²) in [5.74, 6) is -0.0746. The highest BCUT2D eigenvalue weighted by atomic mass is 35.5. The molecule has 0 aliphatic carbocycles. The average Bonchev–Trinajstić information content (AvgIpc) is 2.82. The zero-order valence-electron chi connectivity index (χ0n) is 19.5. The maximum atomic E-state index is 12.5. The highest BCUT2D eigenvalue weighted by molar-refractivity contribution is 6.30. The molecule has 0 saturated carbocycles. The molecule has 0 aliphatic rings. The number of carbonyl (C=O) groups excluding carboxylic acids is 1. The Morgan fingerprint density at radius 3 is 2.34 bits per heavy atom. The van der Waals surface area contributed by atoms with Crippen molar-refractivity contribution in [2.24, 2.45) is 0 Å². The van der Waals surface area contributed by atoms with Gasteiger partial charge in [-0.05, 0) is 58.5 Å². The van der Waals surface area contributed by atoms with E-state index in [0.717, 1.165) is 11.1 Å². The van der Waals surface area contributed by atoms with Gasteiger partial charge in [0.25, 0.3) is 5.91 Å². The number of rotatable bonds is 7. The maximum Gasteiger partial charge on any atom is 0.312 e. The highest BCUT2D eigenvalue weighted by Crippen LogP contribution is 2.34. The van der Waals surface area contributed by atoms with E-state index in [9.17, 15) is 20.2 Å². The van der Waals surface area contributed by atoms with Crippen LogP contribution in [0, 0.1) is 21.4 Å². The summed E-state index contributed by atoms with van der Waals surface area (Å²) in [7, 11) is 0. The molecule has 1 N–H and O–H groups in total. The van der Waals surface area contributed by atoms with Gasteiger partial charge in [-0.25, -0.2) is 0 Å². The Labute approximate surface area is 208 Å². The van der Waals surface area contributed by atoms with Gasteiger partial charge < -0.3 is 10.1 Å². The Bertz CT molecular complexity index is 1300. The van der Waals surface area contributed by atoms with E-state index < -0.39 is 10.8 Å². The minimum Gasteiger partial charge on any atom is -0.450 e. The van der Waals surface area contributed by atoms with E-state index >= 15 is 0 Å². The number of carbonyl (C=O) groups is 1. The summed E-state index contributed by atoms with van der Waals surface area (Å²) in [4.78, 5) is 23.6. The van der Waals surface area contributed by atoms with E-state index in [-0.39, 0.29) is 29.0 Å². The molecule has 0 heterocycles. The Balaban J connectivity index is 1.78. The molecule has 0 spiro atoms. The van der Waals surface area contributed by atoms with Crippen LogP contribution in [0.15, 0.2) is 72.3 Å². The zero-order valence-corrected chi connectivity index (χ0v) is 20.3. The summed E-state index contributed by atoms with van der Waals surface area (Å²) >= 11 is 5.85. The van der Waals surface area contributed by atoms with Crippen LogP contribution < -0.4 is 10.1 Å². The Morgan fingerprint density at radius 1 is 1.11 bits per heavy atom. The highest BCUT2D eigenvalue weighted by Gasteiger charge is 2.19. The van der Waals surface area contributed by atoms with Gasteiger partial charge in [-0.1, -0.05) is 62.7 Å². The molecule has 8 heteroatoms. The van der Waals surface area contributed by atoms with Crippen LogP contribution in [0.2, 0.25) is 5.02 Å². The summed E-state index contributed by atoms with van der Waals surface area (Å²) < 4.78 is 5.75. The topological polar surface area (TPSA) is 105 Å². The lowest BCUT2D eigenvalue weighted by atomic mass is 9.87. The molecular formula is C27H24ClN3O4.